The molecule has 1 aliphatic rings. The van der Waals surface area contributed by atoms with Gasteiger partial charge in [0, 0.05) is 13.7 Å². The van der Waals surface area contributed by atoms with Gasteiger partial charge >= 0.3 is 0 Å². The summed E-state index contributed by atoms with van der Waals surface area (Å²) < 4.78 is 5.06. The molecule has 11 heavy (non-hydrogen) atoms. The fraction of sp³-hybridized carbons (Fsp3) is 1.00. The molecule has 0 heterocycles. The monoisotopic (exact) mass is 157 g/mol. The second-order valence-corrected chi connectivity index (χ2v) is 3.86. The number of nitrogens with one attached hydrogen (secondary N) is 1. The average molecular weight is 157 g/mol. The van der Waals surface area contributed by atoms with Crippen LogP contribution in [0.2, 0.25) is 0 Å². The van der Waals surface area contributed by atoms with E-state index in [1.165, 1.54) is 19.4 Å². The molecule has 2 nitrogen and oxygen atoms in total. The first-order chi connectivity index (χ1) is 5.23. The third-order valence-corrected chi connectivity index (χ3v) is 2.87. The van der Waals surface area contributed by atoms with E-state index in [0.717, 1.165) is 12.5 Å². The molecule has 0 amide bonds. The van der Waals surface area contributed by atoms with Crippen molar-refractivity contribution in [3.05, 3.63) is 0 Å². The van der Waals surface area contributed by atoms with Crippen LogP contribution in [0.5, 0.6) is 0 Å². The Balaban J connectivity index is 2.14. The summed E-state index contributed by atoms with van der Waals surface area (Å²) in [6.45, 7) is 4.44. The minimum Gasteiger partial charge on any atom is -0.385 e. The van der Waals surface area contributed by atoms with Gasteiger partial charge in [0.05, 0.1) is 0 Å². The molecule has 0 spiro atoms. The van der Waals surface area contributed by atoms with Gasteiger partial charge in [-0.3, -0.25) is 0 Å². The van der Waals surface area contributed by atoms with Crippen LogP contribution in [0, 0.1) is 11.3 Å². The summed E-state index contributed by atoms with van der Waals surface area (Å²) >= 11 is 0. The molecule has 0 aliphatic heterocycles. The lowest BCUT2D eigenvalue weighted by Crippen LogP contribution is -2.14. The Bertz CT molecular complexity index is 127. The van der Waals surface area contributed by atoms with Crippen molar-refractivity contribution in [1.29, 1.82) is 0 Å². The second-order valence-electron chi connectivity index (χ2n) is 3.86. The molecule has 1 fully saturated rings. The molecule has 0 saturated heterocycles. The molecule has 66 valence electrons. The van der Waals surface area contributed by atoms with E-state index >= 15 is 0 Å². The Morgan fingerprint density at radius 2 is 2.36 bits per heavy atom. The number of ether oxygens (including phenoxy) is 1. The van der Waals surface area contributed by atoms with E-state index in [9.17, 15) is 0 Å². The zero-order chi connectivity index (χ0) is 8.32. The SMILES string of the molecule is CNCC1CC1(C)CCOC. The van der Waals surface area contributed by atoms with Crippen molar-refractivity contribution < 1.29 is 4.74 Å². The third-order valence-electron chi connectivity index (χ3n) is 2.87. The van der Waals surface area contributed by atoms with Crippen molar-refractivity contribution in [1.82, 2.24) is 5.32 Å². The average Bonchev–Trinajstić information content (AvgIpc) is 2.60. The number of hydrogen-bond donors (Lipinski definition) is 1. The molecule has 0 aromatic heterocycles. The lowest BCUT2D eigenvalue weighted by molar-refractivity contribution is 0.172. The first kappa shape index (κ1) is 9.01. The van der Waals surface area contributed by atoms with E-state index in [-0.39, 0.29) is 0 Å². The largest absolute Gasteiger partial charge is 0.385 e. The maximum atomic E-state index is 5.06. The van der Waals surface area contributed by atoms with Crippen molar-refractivity contribution in [2.24, 2.45) is 11.3 Å². The highest BCUT2D eigenvalue weighted by Crippen LogP contribution is 2.54. The van der Waals surface area contributed by atoms with Crippen LogP contribution in [0.25, 0.3) is 0 Å². The summed E-state index contributed by atoms with van der Waals surface area (Å²) in [6, 6.07) is 0. The van der Waals surface area contributed by atoms with Gasteiger partial charge < -0.3 is 10.1 Å². The molecular weight excluding hydrogens is 138 g/mol. The molecule has 2 atom stereocenters. The maximum Gasteiger partial charge on any atom is 0.0467 e. The van der Waals surface area contributed by atoms with Gasteiger partial charge in [0.1, 0.15) is 0 Å². The van der Waals surface area contributed by atoms with Gasteiger partial charge in [-0.1, -0.05) is 6.92 Å². The fourth-order valence-corrected chi connectivity index (χ4v) is 1.71. The van der Waals surface area contributed by atoms with Gasteiger partial charge in [-0.15, -0.1) is 0 Å². The molecule has 2 unspecified atom stereocenters. The Labute approximate surface area is 69.3 Å². The van der Waals surface area contributed by atoms with Gasteiger partial charge in [-0.25, -0.2) is 0 Å². The summed E-state index contributed by atoms with van der Waals surface area (Å²) in [5.41, 5.74) is 0.582. The molecule has 1 aliphatic carbocycles. The van der Waals surface area contributed by atoms with Gasteiger partial charge in [0.15, 0.2) is 0 Å². The summed E-state index contributed by atoms with van der Waals surface area (Å²) in [5, 5.41) is 3.22. The lowest BCUT2D eigenvalue weighted by Gasteiger charge is -2.09. The van der Waals surface area contributed by atoms with Gasteiger partial charge in [0.25, 0.3) is 0 Å². The topological polar surface area (TPSA) is 21.3 Å². The first-order valence-electron chi connectivity index (χ1n) is 4.36. The van der Waals surface area contributed by atoms with Crippen LogP contribution in [0.3, 0.4) is 0 Å². The van der Waals surface area contributed by atoms with E-state index < -0.39 is 0 Å². The van der Waals surface area contributed by atoms with Crippen molar-refractivity contribution >= 4 is 0 Å². The molecule has 1 saturated carbocycles. The van der Waals surface area contributed by atoms with E-state index in [1.54, 1.807) is 7.11 Å². The molecular formula is C9H19NO. The van der Waals surface area contributed by atoms with Crippen molar-refractivity contribution in [3.63, 3.8) is 0 Å². The quantitative estimate of drug-likeness (QED) is 0.649. The summed E-state index contributed by atoms with van der Waals surface area (Å²) in [7, 11) is 3.80. The smallest absolute Gasteiger partial charge is 0.0467 e. The predicted molar refractivity (Wildman–Crippen MR) is 46.6 cm³/mol. The normalized spacial score (nSPS) is 35.7. The van der Waals surface area contributed by atoms with Crippen molar-refractivity contribution in [3.8, 4) is 0 Å². The van der Waals surface area contributed by atoms with E-state index in [1.807, 2.05) is 7.05 Å². The minimum absolute atomic E-state index is 0.582. The van der Waals surface area contributed by atoms with Crippen LogP contribution in [-0.2, 0) is 4.74 Å². The van der Waals surface area contributed by atoms with E-state index in [2.05, 4.69) is 12.2 Å². The van der Waals surface area contributed by atoms with Gasteiger partial charge in [0.2, 0.25) is 0 Å². The van der Waals surface area contributed by atoms with Crippen LogP contribution in [0.1, 0.15) is 19.8 Å². The maximum absolute atomic E-state index is 5.06. The standard InChI is InChI=1S/C9H19NO/c1-9(4-5-11-3)6-8(9)7-10-2/h8,10H,4-7H2,1-3H3. The Morgan fingerprint density at radius 3 is 2.91 bits per heavy atom. The predicted octanol–water partition coefficient (Wildman–Crippen LogP) is 1.27. The zero-order valence-corrected chi connectivity index (χ0v) is 7.81. The second kappa shape index (κ2) is 3.55. The first-order valence-corrected chi connectivity index (χ1v) is 4.36. The van der Waals surface area contributed by atoms with Crippen molar-refractivity contribution in [2.45, 2.75) is 19.8 Å². The van der Waals surface area contributed by atoms with E-state index in [4.69, 9.17) is 4.74 Å². The van der Waals surface area contributed by atoms with Crippen molar-refractivity contribution in [2.75, 3.05) is 27.3 Å². The summed E-state index contributed by atoms with van der Waals surface area (Å²) in [6.07, 6.45) is 2.59. The summed E-state index contributed by atoms with van der Waals surface area (Å²) in [5.74, 6) is 0.891. The molecule has 1 N–H and O–H groups in total. The highest BCUT2D eigenvalue weighted by molar-refractivity contribution is 4.99. The zero-order valence-electron chi connectivity index (χ0n) is 7.81. The number of hydrogen-bond acceptors (Lipinski definition) is 2. The van der Waals surface area contributed by atoms with Gasteiger partial charge in [-0.2, -0.15) is 0 Å². The van der Waals surface area contributed by atoms with Crippen LogP contribution >= 0.6 is 0 Å². The highest BCUT2D eigenvalue weighted by Gasteiger charge is 2.48. The minimum atomic E-state index is 0.582. The number of rotatable bonds is 5. The fourth-order valence-electron chi connectivity index (χ4n) is 1.71. The van der Waals surface area contributed by atoms with E-state index in [0.29, 0.717) is 5.41 Å². The lowest BCUT2D eigenvalue weighted by atomic mass is 10.0. The molecule has 0 bridgehead atoms. The molecule has 1 rings (SSSR count). The molecule has 0 radical (unpaired) electrons. The van der Waals surface area contributed by atoms with Crippen LogP contribution in [0.15, 0.2) is 0 Å². The summed E-state index contributed by atoms with van der Waals surface area (Å²) in [4.78, 5) is 0. The van der Waals surface area contributed by atoms with Crippen LogP contribution < -0.4 is 5.32 Å². The van der Waals surface area contributed by atoms with Crippen LogP contribution in [-0.4, -0.2) is 27.3 Å². The molecule has 2 heteroatoms. The van der Waals surface area contributed by atoms with Crippen LogP contribution in [0.4, 0.5) is 0 Å². The highest BCUT2D eigenvalue weighted by atomic mass is 16.5. The third kappa shape index (κ3) is 2.17. The molecule has 0 aromatic rings. The Kier molecular flexibility index (Phi) is 2.90. The molecule has 0 aromatic carbocycles. The Hall–Kier alpha value is -0.0800. The number of methoxy groups -OCH3 is 1. The Morgan fingerprint density at radius 1 is 1.64 bits per heavy atom. The van der Waals surface area contributed by atoms with Gasteiger partial charge in [-0.05, 0) is 37.8 Å².